The number of amides is 1. The summed E-state index contributed by atoms with van der Waals surface area (Å²) in [4.78, 5) is 17.2. The van der Waals surface area contributed by atoms with Gasteiger partial charge in [0.05, 0.1) is 5.56 Å². The van der Waals surface area contributed by atoms with Crippen molar-refractivity contribution in [3.05, 3.63) is 29.3 Å². The second-order valence-corrected chi connectivity index (χ2v) is 11.7. The number of hydrogen-bond acceptors (Lipinski definition) is 5. The van der Waals surface area contributed by atoms with Crippen molar-refractivity contribution in [2.75, 3.05) is 43.9 Å². The lowest BCUT2D eigenvalue weighted by molar-refractivity contribution is -0.308. The molecule has 226 valence electrons. The first-order valence-corrected chi connectivity index (χ1v) is 14.1. The molecule has 40 heavy (non-hydrogen) atoms. The zero-order valence-electron chi connectivity index (χ0n) is 21.6. The molecular weight excluding hydrogens is 577 g/mol. The number of benzene rings is 1. The standard InChI is InChI=1S/C25H30F9N3O2S/c1-40-18-5-10-36(15-18)19-13-17(23(26,27)28)4-3-16(19)14-37-9-2-6-22(37)7-11-35(12-8-22)21(38)39-20(24(29,30)31)25(32,33)34/h3-4,13,18,20H,2,5-12,14-15H2,1H3. The second-order valence-electron chi connectivity index (χ2n) is 10.5. The summed E-state index contributed by atoms with van der Waals surface area (Å²) in [6.07, 6.45) is -17.1. The average molecular weight is 608 g/mol. The molecule has 15 heteroatoms. The molecule has 0 bridgehead atoms. The molecule has 3 fully saturated rings. The molecule has 4 rings (SSSR count). The SMILES string of the molecule is CSC1CCN(c2cc(C(F)(F)F)ccc2CN2CCCC23CCN(C(=O)OC(C(F)(F)F)C(F)(F)F)CC3)C1. The van der Waals surface area contributed by atoms with E-state index in [1.165, 1.54) is 12.1 Å². The van der Waals surface area contributed by atoms with Gasteiger partial charge in [-0.15, -0.1) is 0 Å². The Morgan fingerprint density at radius 2 is 1.65 bits per heavy atom. The van der Waals surface area contributed by atoms with E-state index in [-0.39, 0.29) is 13.1 Å². The molecule has 3 heterocycles. The highest BCUT2D eigenvalue weighted by Gasteiger charge is 2.60. The Morgan fingerprint density at radius 1 is 1.00 bits per heavy atom. The Kier molecular flexibility index (Phi) is 8.76. The van der Waals surface area contributed by atoms with E-state index in [1.54, 1.807) is 11.8 Å². The van der Waals surface area contributed by atoms with Crippen molar-refractivity contribution in [2.24, 2.45) is 0 Å². The molecule has 0 aromatic heterocycles. The number of piperidine rings is 1. The van der Waals surface area contributed by atoms with Crippen LogP contribution in [0.4, 0.5) is 50.0 Å². The lowest BCUT2D eigenvalue weighted by Gasteiger charge is -2.45. The first-order valence-electron chi connectivity index (χ1n) is 12.9. The van der Waals surface area contributed by atoms with E-state index in [4.69, 9.17) is 0 Å². The highest BCUT2D eigenvalue weighted by Crippen LogP contribution is 2.43. The average Bonchev–Trinajstić information content (AvgIpc) is 3.48. The van der Waals surface area contributed by atoms with E-state index in [1.807, 2.05) is 11.2 Å². The third kappa shape index (κ3) is 6.71. The van der Waals surface area contributed by atoms with Crippen LogP contribution in [-0.4, -0.2) is 84.1 Å². The Labute approximate surface area is 230 Å². The quantitative estimate of drug-likeness (QED) is 0.348. The van der Waals surface area contributed by atoms with Crippen LogP contribution >= 0.6 is 11.8 Å². The summed E-state index contributed by atoms with van der Waals surface area (Å²) in [5.41, 5.74) is 0.0190. The lowest BCUT2D eigenvalue weighted by Crippen LogP contribution is -2.54. The highest BCUT2D eigenvalue weighted by atomic mass is 32.2. The van der Waals surface area contributed by atoms with Crippen LogP contribution in [0.25, 0.3) is 0 Å². The van der Waals surface area contributed by atoms with Crippen LogP contribution in [-0.2, 0) is 17.5 Å². The monoisotopic (exact) mass is 607 g/mol. The molecule has 3 aliphatic rings. The van der Waals surface area contributed by atoms with Crippen molar-refractivity contribution in [1.29, 1.82) is 0 Å². The van der Waals surface area contributed by atoms with Gasteiger partial charge in [-0.05, 0) is 62.6 Å². The smallest absolute Gasteiger partial charge is 0.426 e. The van der Waals surface area contributed by atoms with Crippen LogP contribution in [0.1, 0.15) is 43.2 Å². The summed E-state index contributed by atoms with van der Waals surface area (Å²) < 4.78 is 121. The van der Waals surface area contributed by atoms with Gasteiger partial charge in [-0.25, -0.2) is 4.79 Å². The number of hydrogen-bond donors (Lipinski definition) is 0. The molecule has 0 saturated carbocycles. The Hall–Kier alpha value is -2.03. The zero-order valence-corrected chi connectivity index (χ0v) is 22.4. The van der Waals surface area contributed by atoms with Crippen molar-refractivity contribution in [3.8, 4) is 0 Å². The summed E-state index contributed by atoms with van der Waals surface area (Å²) in [5, 5.41) is 0.305. The van der Waals surface area contributed by atoms with E-state index in [9.17, 15) is 44.3 Å². The van der Waals surface area contributed by atoms with Crippen LogP contribution in [0, 0.1) is 0 Å². The summed E-state index contributed by atoms with van der Waals surface area (Å²) in [5.74, 6) is 0. The van der Waals surface area contributed by atoms with Gasteiger partial charge in [-0.1, -0.05) is 6.07 Å². The molecule has 0 aliphatic carbocycles. The minimum absolute atomic E-state index is 0.0981. The minimum Gasteiger partial charge on any atom is -0.426 e. The Bertz CT molecular complexity index is 1040. The lowest BCUT2D eigenvalue weighted by atomic mass is 9.84. The Balaban J connectivity index is 1.48. The normalized spacial score (nSPS) is 22.5. The van der Waals surface area contributed by atoms with E-state index < -0.39 is 41.8 Å². The largest absolute Gasteiger partial charge is 0.434 e. The second kappa shape index (κ2) is 11.3. The molecule has 1 aromatic rings. The molecule has 0 radical (unpaired) electrons. The third-order valence-electron chi connectivity index (χ3n) is 8.10. The van der Waals surface area contributed by atoms with Crippen molar-refractivity contribution >= 4 is 23.5 Å². The molecule has 1 unspecified atom stereocenters. The van der Waals surface area contributed by atoms with Crippen LogP contribution in [0.2, 0.25) is 0 Å². The van der Waals surface area contributed by atoms with Crippen LogP contribution in [0.15, 0.2) is 18.2 Å². The number of carbonyl (C=O) groups is 1. The molecule has 1 amide bonds. The predicted molar refractivity (Wildman–Crippen MR) is 131 cm³/mol. The number of ether oxygens (including phenoxy) is 1. The van der Waals surface area contributed by atoms with Gasteiger partial charge in [0.15, 0.2) is 0 Å². The van der Waals surface area contributed by atoms with Gasteiger partial charge in [0, 0.05) is 49.2 Å². The van der Waals surface area contributed by atoms with Crippen LogP contribution < -0.4 is 4.90 Å². The van der Waals surface area contributed by atoms with Crippen LogP contribution in [0.3, 0.4) is 0 Å². The summed E-state index contributed by atoms with van der Waals surface area (Å²) in [6.45, 7) is 2.01. The number of rotatable bonds is 5. The van der Waals surface area contributed by atoms with Gasteiger partial charge < -0.3 is 14.5 Å². The van der Waals surface area contributed by atoms with E-state index >= 15 is 0 Å². The van der Waals surface area contributed by atoms with Crippen molar-refractivity contribution in [2.45, 2.75) is 74.1 Å². The molecule has 5 nitrogen and oxygen atoms in total. The number of likely N-dealkylation sites (tertiary alicyclic amines) is 2. The van der Waals surface area contributed by atoms with Gasteiger partial charge in [0.1, 0.15) is 0 Å². The third-order valence-corrected chi connectivity index (χ3v) is 9.15. The summed E-state index contributed by atoms with van der Waals surface area (Å²) in [7, 11) is 0. The van der Waals surface area contributed by atoms with Gasteiger partial charge in [-0.3, -0.25) is 4.90 Å². The van der Waals surface area contributed by atoms with Crippen molar-refractivity contribution in [1.82, 2.24) is 9.80 Å². The first kappa shape index (κ1) is 30.9. The molecule has 0 N–H and O–H groups in total. The molecule has 1 atom stereocenters. The fourth-order valence-corrected chi connectivity index (χ4v) is 6.59. The molecule has 3 saturated heterocycles. The minimum atomic E-state index is -5.79. The molecule has 1 aromatic carbocycles. The Morgan fingerprint density at radius 3 is 2.20 bits per heavy atom. The summed E-state index contributed by atoms with van der Waals surface area (Å²) in [6, 6.07) is 3.72. The fourth-order valence-electron chi connectivity index (χ4n) is 5.92. The first-order chi connectivity index (χ1) is 18.5. The van der Waals surface area contributed by atoms with Gasteiger partial charge in [0.2, 0.25) is 0 Å². The van der Waals surface area contributed by atoms with E-state index in [0.717, 1.165) is 29.4 Å². The van der Waals surface area contributed by atoms with Crippen molar-refractivity contribution in [3.63, 3.8) is 0 Å². The number of nitrogens with zero attached hydrogens (tertiary/aromatic N) is 3. The topological polar surface area (TPSA) is 36.0 Å². The number of thioether (sulfide) groups is 1. The summed E-state index contributed by atoms with van der Waals surface area (Å²) >= 11 is 1.66. The fraction of sp³-hybridized carbons (Fsp3) is 0.720. The number of alkyl halides is 9. The number of carbonyl (C=O) groups excluding carboxylic acids is 1. The van der Waals surface area contributed by atoms with Crippen LogP contribution in [0.5, 0.6) is 0 Å². The van der Waals surface area contributed by atoms with Gasteiger partial charge in [-0.2, -0.15) is 51.3 Å². The molecular formula is C25H30F9N3O2S. The maximum Gasteiger partial charge on any atom is 0.434 e. The zero-order chi connectivity index (χ0) is 29.5. The molecule has 1 spiro atoms. The number of halogens is 9. The van der Waals surface area contributed by atoms with E-state index in [2.05, 4.69) is 9.64 Å². The predicted octanol–water partition coefficient (Wildman–Crippen LogP) is 6.71. The maximum absolute atomic E-state index is 13.5. The highest BCUT2D eigenvalue weighted by molar-refractivity contribution is 7.99. The van der Waals surface area contributed by atoms with E-state index in [0.29, 0.717) is 56.4 Å². The van der Waals surface area contributed by atoms with Gasteiger partial charge in [0.25, 0.3) is 6.10 Å². The van der Waals surface area contributed by atoms with Gasteiger partial charge >= 0.3 is 24.6 Å². The molecule has 3 aliphatic heterocycles. The van der Waals surface area contributed by atoms with Crippen molar-refractivity contribution < 1.29 is 49.0 Å². The maximum atomic E-state index is 13.5. The number of anilines is 1.